The molecule has 6 heteroatoms. The number of rotatable bonds is 5. The summed E-state index contributed by atoms with van der Waals surface area (Å²) in [5.41, 5.74) is 7.26. The van der Waals surface area contributed by atoms with Gasteiger partial charge in [-0.2, -0.15) is 0 Å². The first-order valence-corrected chi connectivity index (χ1v) is 6.49. The van der Waals surface area contributed by atoms with Crippen molar-refractivity contribution in [2.24, 2.45) is 5.92 Å². The van der Waals surface area contributed by atoms with E-state index < -0.39 is 5.82 Å². The normalized spacial score (nSPS) is 13.1. The number of hydrogen-bond acceptors (Lipinski definition) is 4. The molecule has 0 spiro atoms. The van der Waals surface area contributed by atoms with Crippen molar-refractivity contribution in [3.05, 3.63) is 17.9 Å². The second kappa shape index (κ2) is 5.66. The number of nitrogen functional groups attached to an aromatic ring is 1. The molecular formula is C14H20FN3O2. The van der Waals surface area contributed by atoms with Crippen LogP contribution in [0.15, 0.2) is 12.1 Å². The lowest BCUT2D eigenvalue weighted by atomic mass is 10.0. The van der Waals surface area contributed by atoms with E-state index in [4.69, 9.17) is 15.2 Å². The van der Waals surface area contributed by atoms with Gasteiger partial charge in [0, 0.05) is 19.2 Å². The van der Waals surface area contributed by atoms with Gasteiger partial charge in [-0.15, -0.1) is 0 Å². The first kappa shape index (κ1) is 14.6. The minimum Gasteiger partial charge on any atom is -0.494 e. The number of hydrogen-bond donors (Lipinski definition) is 1. The fourth-order valence-electron chi connectivity index (χ4n) is 2.36. The number of ether oxygens (including phenoxy) is 2. The van der Waals surface area contributed by atoms with E-state index >= 15 is 0 Å². The minimum atomic E-state index is -0.447. The average Bonchev–Trinajstić information content (AvgIpc) is 2.69. The molecule has 1 heterocycles. The number of benzene rings is 1. The third-order valence-corrected chi connectivity index (χ3v) is 3.43. The molecule has 2 N–H and O–H groups in total. The molecule has 20 heavy (non-hydrogen) atoms. The van der Waals surface area contributed by atoms with Crippen molar-refractivity contribution < 1.29 is 13.9 Å². The van der Waals surface area contributed by atoms with Crippen molar-refractivity contribution in [2.75, 3.05) is 26.6 Å². The zero-order valence-corrected chi connectivity index (χ0v) is 12.2. The van der Waals surface area contributed by atoms with E-state index in [0.717, 1.165) is 5.52 Å². The lowest BCUT2D eigenvalue weighted by molar-refractivity contribution is 0.136. The quantitative estimate of drug-likeness (QED) is 0.915. The Labute approximate surface area is 117 Å². The van der Waals surface area contributed by atoms with Crippen LogP contribution in [0, 0.1) is 11.7 Å². The molecule has 2 aromatic rings. The summed E-state index contributed by atoms with van der Waals surface area (Å²) in [7, 11) is 3.08. The van der Waals surface area contributed by atoms with Gasteiger partial charge in [-0.3, -0.25) is 0 Å². The molecule has 1 aromatic heterocycles. The summed E-state index contributed by atoms with van der Waals surface area (Å²) in [6.07, 6.45) is 0. The maximum absolute atomic E-state index is 13.7. The summed E-state index contributed by atoms with van der Waals surface area (Å²) in [6.45, 7) is 4.67. The summed E-state index contributed by atoms with van der Waals surface area (Å²) in [5, 5.41) is 0. The molecule has 0 aliphatic carbocycles. The third kappa shape index (κ3) is 2.43. The number of halogens is 1. The molecule has 0 radical (unpaired) electrons. The van der Waals surface area contributed by atoms with E-state index in [-0.39, 0.29) is 11.8 Å². The summed E-state index contributed by atoms with van der Waals surface area (Å²) in [4.78, 5) is 4.22. The predicted molar refractivity (Wildman–Crippen MR) is 76.4 cm³/mol. The summed E-state index contributed by atoms with van der Waals surface area (Å²) in [6, 6.07) is 2.99. The van der Waals surface area contributed by atoms with E-state index in [1.165, 1.54) is 13.2 Å². The molecule has 1 unspecified atom stereocenters. The molecule has 1 aromatic carbocycles. The Morgan fingerprint density at radius 1 is 1.35 bits per heavy atom. The van der Waals surface area contributed by atoms with Crippen molar-refractivity contribution in [2.45, 2.75) is 19.9 Å². The van der Waals surface area contributed by atoms with Crippen LogP contribution in [-0.2, 0) is 4.74 Å². The molecule has 0 aliphatic heterocycles. The Hall–Kier alpha value is -1.82. The number of fused-ring (bicyclic) bond motifs is 1. The van der Waals surface area contributed by atoms with Crippen molar-refractivity contribution in [3.8, 4) is 5.75 Å². The van der Waals surface area contributed by atoms with Gasteiger partial charge in [-0.25, -0.2) is 9.37 Å². The lowest BCUT2D eigenvalue weighted by Gasteiger charge is -2.23. The van der Waals surface area contributed by atoms with E-state index in [9.17, 15) is 4.39 Å². The fraction of sp³-hybridized carbons (Fsp3) is 0.500. The van der Waals surface area contributed by atoms with E-state index in [1.807, 2.05) is 4.57 Å². The molecule has 1 atom stereocenters. The van der Waals surface area contributed by atoms with Gasteiger partial charge < -0.3 is 19.8 Å². The summed E-state index contributed by atoms with van der Waals surface area (Å²) < 4.78 is 25.9. The molecular weight excluding hydrogens is 261 g/mol. The van der Waals surface area contributed by atoms with Crippen LogP contribution in [-0.4, -0.2) is 30.4 Å². The van der Waals surface area contributed by atoms with Gasteiger partial charge in [0.1, 0.15) is 0 Å². The van der Waals surface area contributed by atoms with Gasteiger partial charge >= 0.3 is 0 Å². The molecule has 5 nitrogen and oxygen atoms in total. The van der Waals surface area contributed by atoms with Crippen LogP contribution in [0.1, 0.15) is 19.9 Å². The zero-order chi connectivity index (χ0) is 14.9. The van der Waals surface area contributed by atoms with E-state index in [2.05, 4.69) is 18.8 Å². The fourth-order valence-corrected chi connectivity index (χ4v) is 2.36. The van der Waals surface area contributed by atoms with Gasteiger partial charge in [0.25, 0.3) is 0 Å². The molecule has 0 bridgehead atoms. The van der Waals surface area contributed by atoms with Crippen LogP contribution >= 0.6 is 0 Å². The highest BCUT2D eigenvalue weighted by molar-refractivity contribution is 5.80. The van der Waals surface area contributed by atoms with Gasteiger partial charge in [0.15, 0.2) is 11.6 Å². The van der Waals surface area contributed by atoms with Crippen LogP contribution < -0.4 is 10.5 Å². The van der Waals surface area contributed by atoms with Gasteiger partial charge in [-0.1, -0.05) is 13.8 Å². The second-order valence-corrected chi connectivity index (χ2v) is 5.08. The topological polar surface area (TPSA) is 62.3 Å². The molecule has 0 saturated carbocycles. The van der Waals surface area contributed by atoms with Crippen LogP contribution in [0.2, 0.25) is 0 Å². The van der Waals surface area contributed by atoms with Crippen molar-refractivity contribution in [1.82, 2.24) is 9.55 Å². The summed E-state index contributed by atoms with van der Waals surface area (Å²) in [5.74, 6) is 0.380. The monoisotopic (exact) mass is 281 g/mol. The Bertz CT molecular complexity index is 610. The van der Waals surface area contributed by atoms with Crippen LogP contribution in [0.3, 0.4) is 0 Å². The van der Waals surface area contributed by atoms with Crippen LogP contribution in [0.5, 0.6) is 5.75 Å². The lowest BCUT2D eigenvalue weighted by Crippen LogP contribution is -2.21. The van der Waals surface area contributed by atoms with Crippen LogP contribution in [0.4, 0.5) is 10.3 Å². The Morgan fingerprint density at radius 2 is 2.05 bits per heavy atom. The minimum absolute atomic E-state index is 0.0279. The highest BCUT2D eigenvalue weighted by Crippen LogP contribution is 2.31. The van der Waals surface area contributed by atoms with E-state index in [0.29, 0.717) is 24.0 Å². The first-order valence-electron chi connectivity index (χ1n) is 6.49. The molecule has 0 saturated heterocycles. The molecule has 0 aliphatic rings. The predicted octanol–water partition coefficient (Wildman–Crippen LogP) is 2.61. The average molecular weight is 281 g/mol. The second-order valence-electron chi connectivity index (χ2n) is 5.08. The van der Waals surface area contributed by atoms with Gasteiger partial charge in [0.2, 0.25) is 5.95 Å². The van der Waals surface area contributed by atoms with Crippen molar-refractivity contribution in [3.63, 3.8) is 0 Å². The highest BCUT2D eigenvalue weighted by atomic mass is 19.1. The van der Waals surface area contributed by atoms with Crippen molar-refractivity contribution in [1.29, 1.82) is 0 Å². The zero-order valence-electron chi connectivity index (χ0n) is 12.2. The number of methoxy groups -OCH3 is 2. The smallest absolute Gasteiger partial charge is 0.201 e. The largest absolute Gasteiger partial charge is 0.494 e. The maximum atomic E-state index is 13.7. The van der Waals surface area contributed by atoms with Gasteiger partial charge in [-0.05, 0) is 5.92 Å². The highest BCUT2D eigenvalue weighted by Gasteiger charge is 2.22. The summed E-state index contributed by atoms with van der Waals surface area (Å²) >= 11 is 0. The Kier molecular flexibility index (Phi) is 4.13. The SMILES string of the molecule is COCC(C(C)C)n1c(N)nc2cc(F)c(OC)cc21. The third-order valence-electron chi connectivity index (χ3n) is 3.43. The van der Waals surface area contributed by atoms with Gasteiger partial charge in [0.05, 0.1) is 30.8 Å². The van der Waals surface area contributed by atoms with E-state index in [1.54, 1.807) is 13.2 Å². The number of anilines is 1. The Balaban J connectivity index is 2.64. The first-order chi connectivity index (χ1) is 9.49. The Morgan fingerprint density at radius 3 is 2.60 bits per heavy atom. The number of imidazole rings is 1. The number of nitrogens with two attached hydrogens (primary N) is 1. The molecule has 2 rings (SSSR count). The number of nitrogens with zero attached hydrogens (tertiary/aromatic N) is 2. The standard InChI is InChI=1S/C14H20FN3O2/c1-8(2)12(7-19-3)18-11-6-13(20-4)9(15)5-10(11)17-14(18)16/h5-6,8,12H,7H2,1-4H3,(H2,16,17). The number of aromatic nitrogens is 2. The molecule has 0 amide bonds. The van der Waals surface area contributed by atoms with Crippen LogP contribution in [0.25, 0.3) is 11.0 Å². The molecule has 0 fully saturated rings. The maximum Gasteiger partial charge on any atom is 0.201 e. The molecule has 110 valence electrons. The van der Waals surface area contributed by atoms with Crippen molar-refractivity contribution >= 4 is 17.0 Å².